The van der Waals surface area contributed by atoms with Gasteiger partial charge in [0.1, 0.15) is 6.04 Å². The average Bonchev–Trinajstić information content (AvgIpc) is 2.79. The molecule has 0 radical (unpaired) electrons. The molecule has 0 unspecified atom stereocenters. The molecule has 1 heterocycles. The standard InChI is InChI=1S/C19H16Cl2N2O3/c1-10(2)16(17(24)22-13-8-11(20)7-12(21)9-13)23-18(25)14-5-3-4-6-15(14)19(23)26/h3-10,16H,1-2H3,(H,22,24)/t16-/m0/s1. The summed E-state index contributed by atoms with van der Waals surface area (Å²) in [4.78, 5) is 39.3. The van der Waals surface area contributed by atoms with Crippen molar-refractivity contribution in [2.24, 2.45) is 5.92 Å². The van der Waals surface area contributed by atoms with E-state index in [0.717, 1.165) is 4.90 Å². The first kappa shape index (κ1) is 18.4. The third-order valence-corrected chi connectivity index (χ3v) is 4.57. The van der Waals surface area contributed by atoms with Crippen molar-refractivity contribution in [3.8, 4) is 0 Å². The maximum atomic E-state index is 12.9. The number of benzene rings is 2. The summed E-state index contributed by atoms with van der Waals surface area (Å²) in [5, 5.41) is 3.44. The quantitative estimate of drug-likeness (QED) is 0.793. The van der Waals surface area contributed by atoms with Crippen LogP contribution in [0.3, 0.4) is 0 Å². The van der Waals surface area contributed by atoms with Crippen molar-refractivity contribution in [2.75, 3.05) is 5.32 Å². The number of anilines is 1. The number of rotatable bonds is 4. The van der Waals surface area contributed by atoms with Gasteiger partial charge in [-0.1, -0.05) is 49.2 Å². The topological polar surface area (TPSA) is 66.5 Å². The van der Waals surface area contributed by atoms with Crippen LogP contribution in [0.2, 0.25) is 10.0 Å². The smallest absolute Gasteiger partial charge is 0.262 e. The zero-order valence-corrected chi connectivity index (χ0v) is 15.6. The summed E-state index contributed by atoms with van der Waals surface area (Å²) in [6.45, 7) is 3.55. The molecule has 1 aliphatic rings. The zero-order valence-electron chi connectivity index (χ0n) is 14.1. The minimum Gasteiger partial charge on any atom is -0.324 e. The Balaban J connectivity index is 1.91. The molecule has 0 saturated heterocycles. The number of nitrogens with zero attached hydrogens (tertiary/aromatic N) is 1. The lowest BCUT2D eigenvalue weighted by molar-refractivity contribution is -0.121. The zero-order chi connectivity index (χ0) is 19.0. The molecule has 1 atom stereocenters. The second kappa shape index (κ2) is 7.09. The molecule has 0 saturated carbocycles. The molecule has 0 fully saturated rings. The van der Waals surface area contributed by atoms with Crippen LogP contribution >= 0.6 is 23.2 Å². The van der Waals surface area contributed by atoms with Gasteiger partial charge in [0.25, 0.3) is 11.8 Å². The van der Waals surface area contributed by atoms with Crippen molar-refractivity contribution in [3.05, 3.63) is 63.6 Å². The molecule has 26 heavy (non-hydrogen) atoms. The number of imide groups is 1. The summed E-state index contributed by atoms with van der Waals surface area (Å²) in [7, 11) is 0. The Bertz CT molecular complexity index is 856. The first-order valence-electron chi connectivity index (χ1n) is 8.03. The first-order chi connectivity index (χ1) is 12.3. The number of carbonyl (C=O) groups is 3. The van der Waals surface area contributed by atoms with Gasteiger partial charge in [-0.15, -0.1) is 0 Å². The molecule has 2 aromatic carbocycles. The summed E-state index contributed by atoms with van der Waals surface area (Å²) in [6, 6.07) is 10.2. The van der Waals surface area contributed by atoms with E-state index >= 15 is 0 Å². The molecule has 0 aromatic heterocycles. The van der Waals surface area contributed by atoms with Crippen LogP contribution in [-0.2, 0) is 4.79 Å². The van der Waals surface area contributed by atoms with Gasteiger partial charge < -0.3 is 5.32 Å². The molecule has 2 aromatic rings. The highest BCUT2D eigenvalue weighted by Crippen LogP contribution is 2.28. The van der Waals surface area contributed by atoms with Crippen molar-refractivity contribution >= 4 is 46.6 Å². The van der Waals surface area contributed by atoms with E-state index in [-0.39, 0.29) is 5.92 Å². The molecule has 0 spiro atoms. The number of carbonyl (C=O) groups excluding carboxylic acids is 3. The second-order valence-corrected chi connectivity index (χ2v) is 7.23. The predicted octanol–water partition coefficient (Wildman–Crippen LogP) is 4.25. The molecule has 7 heteroatoms. The van der Waals surface area contributed by atoms with E-state index in [9.17, 15) is 14.4 Å². The van der Waals surface area contributed by atoms with Gasteiger partial charge >= 0.3 is 0 Å². The predicted molar refractivity (Wildman–Crippen MR) is 101 cm³/mol. The minimum atomic E-state index is -0.958. The first-order valence-corrected chi connectivity index (χ1v) is 8.79. The maximum absolute atomic E-state index is 12.9. The van der Waals surface area contributed by atoms with Gasteiger partial charge in [-0.2, -0.15) is 0 Å². The number of hydrogen-bond acceptors (Lipinski definition) is 3. The Kier molecular flexibility index (Phi) is 5.03. The van der Waals surface area contributed by atoms with Crippen molar-refractivity contribution in [3.63, 3.8) is 0 Å². The van der Waals surface area contributed by atoms with E-state index < -0.39 is 23.8 Å². The Labute approximate surface area is 160 Å². The lowest BCUT2D eigenvalue weighted by Gasteiger charge is -2.28. The molecule has 5 nitrogen and oxygen atoms in total. The van der Waals surface area contributed by atoms with Crippen LogP contribution < -0.4 is 5.32 Å². The molecule has 3 rings (SSSR count). The van der Waals surface area contributed by atoms with Crippen LogP contribution in [0.1, 0.15) is 34.6 Å². The van der Waals surface area contributed by atoms with Crippen LogP contribution in [-0.4, -0.2) is 28.7 Å². The van der Waals surface area contributed by atoms with Crippen molar-refractivity contribution in [2.45, 2.75) is 19.9 Å². The van der Waals surface area contributed by atoms with Gasteiger partial charge in [0.2, 0.25) is 5.91 Å². The average molecular weight is 391 g/mol. The normalized spacial score (nSPS) is 14.6. The largest absolute Gasteiger partial charge is 0.324 e. The Morgan fingerprint density at radius 2 is 1.46 bits per heavy atom. The van der Waals surface area contributed by atoms with Crippen LogP contribution in [0.15, 0.2) is 42.5 Å². The van der Waals surface area contributed by atoms with Crippen LogP contribution in [0.5, 0.6) is 0 Å². The van der Waals surface area contributed by atoms with Crippen molar-refractivity contribution in [1.29, 1.82) is 0 Å². The van der Waals surface area contributed by atoms with E-state index in [0.29, 0.717) is 26.9 Å². The highest BCUT2D eigenvalue weighted by Gasteiger charge is 2.43. The molecule has 1 aliphatic heterocycles. The maximum Gasteiger partial charge on any atom is 0.262 e. The summed E-state index contributed by atoms with van der Waals surface area (Å²) >= 11 is 11.9. The van der Waals surface area contributed by atoms with Gasteiger partial charge in [-0.3, -0.25) is 19.3 Å². The van der Waals surface area contributed by atoms with E-state index in [1.165, 1.54) is 0 Å². The van der Waals surface area contributed by atoms with Crippen LogP contribution in [0.25, 0.3) is 0 Å². The SMILES string of the molecule is CC(C)[C@@H](C(=O)Nc1cc(Cl)cc(Cl)c1)N1C(=O)c2ccccc2C1=O. The molecular weight excluding hydrogens is 375 g/mol. The number of halogens is 2. The highest BCUT2D eigenvalue weighted by atomic mass is 35.5. The van der Waals surface area contributed by atoms with Crippen LogP contribution in [0, 0.1) is 5.92 Å². The van der Waals surface area contributed by atoms with E-state index in [2.05, 4.69) is 5.32 Å². The Morgan fingerprint density at radius 1 is 0.962 bits per heavy atom. The van der Waals surface area contributed by atoms with E-state index in [1.54, 1.807) is 56.3 Å². The van der Waals surface area contributed by atoms with Gasteiger partial charge in [-0.25, -0.2) is 0 Å². The molecule has 1 N–H and O–H groups in total. The molecular formula is C19H16Cl2N2O3. The molecule has 0 aliphatic carbocycles. The molecule has 3 amide bonds. The molecule has 134 valence electrons. The van der Waals surface area contributed by atoms with E-state index in [1.807, 2.05) is 0 Å². The lowest BCUT2D eigenvalue weighted by Crippen LogP contribution is -2.50. The summed E-state index contributed by atoms with van der Waals surface area (Å²) in [5.41, 5.74) is 1.01. The van der Waals surface area contributed by atoms with Gasteiger partial charge in [0, 0.05) is 15.7 Å². The molecule has 0 bridgehead atoms. The third-order valence-electron chi connectivity index (χ3n) is 4.13. The monoisotopic (exact) mass is 390 g/mol. The van der Waals surface area contributed by atoms with Gasteiger partial charge in [0.05, 0.1) is 11.1 Å². The van der Waals surface area contributed by atoms with Crippen molar-refractivity contribution in [1.82, 2.24) is 4.90 Å². The Morgan fingerprint density at radius 3 is 1.92 bits per heavy atom. The number of hydrogen-bond donors (Lipinski definition) is 1. The second-order valence-electron chi connectivity index (χ2n) is 6.36. The minimum absolute atomic E-state index is 0.285. The lowest BCUT2D eigenvalue weighted by atomic mass is 10.0. The fourth-order valence-electron chi connectivity index (χ4n) is 3.02. The van der Waals surface area contributed by atoms with E-state index in [4.69, 9.17) is 23.2 Å². The number of nitrogens with one attached hydrogen (secondary N) is 1. The summed E-state index contributed by atoms with van der Waals surface area (Å²) < 4.78 is 0. The Hall–Kier alpha value is -2.37. The van der Waals surface area contributed by atoms with Crippen molar-refractivity contribution < 1.29 is 14.4 Å². The third kappa shape index (κ3) is 3.32. The summed E-state index contributed by atoms with van der Waals surface area (Å²) in [5.74, 6) is -1.70. The highest BCUT2D eigenvalue weighted by molar-refractivity contribution is 6.35. The van der Waals surface area contributed by atoms with Gasteiger partial charge in [-0.05, 0) is 36.2 Å². The fraction of sp³-hybridized carbons (Fsp3) is 0.211. The van der Waals surface area contributed by atoms with Crippen LogP contribution in [0.4, 0.5) is 5.69 Å². The fourth-order valence-corrected chi connectivity index (χ4v) is 3.55. The van der Waals surface area contributed by atoms with Gasteiger partial charge in [0.15, 0.2) is 0 Å². The summed E-state index contributed by atoms with van der Waals surface area (Å²) in [6.07, 6.45) is 0. The number of amides is 3. The number of fused-ring (bicyclic) bond motifs is 1.